The van der Waals surface area contributed by atoms with Gasteiger partial charge in [0.1, 0.15) is 11.3 Å². The molecule has 0 unspecified atom stereocenters. The molecular formula is C11H8BrF2NO3. The highest BCUT2D eigenvalue weighted by atomic mass is 79.9. The Balaban J connectivity index is 3.42. The molecule has 1 aromatic rings. The van der Waals surface area contributed by atoms with E-state index in [-0.39, 0.29) is 22.2 Å². The molecule has 0 fully saturated rings. The van der Waals surface area contributed by atoms with Gasteiger partial charge >= 0.3 is 12.6 Å². The second-order valence-corrected chi connectivity index (χ2v) is 3.68. The van der Waals surface area contributed by atoms with Crippen molar-refractivity contribution >= 4 is 21.9 Å². The van der Waals surface area contributed by atoms with E-state index in [9.17, 15) is 13.6 Å². The summed E-state index contributed by atoms with van der Waals surface area (Å²) < 4.78 is 33.3. The van der Waals surface area contributed by atoms with Crippen LogP contribution >= 0.6 is 15.9 Å². The summed E-state index contributed by atoms with van der Waals surface area (Å²) in [5.74, 6) is -1.17. The lowest BCUT2D eigenvalue weighted by molar-refractivity contribution is -0.0504. The SMILES string of the molecule is COC(=O)c1c(CBr)cc(C#N)cc1OC(F)F. The molecule has 7 heteroatoms. The van der Waals surface area contributed by atoms with E-state index in [0.717, 1.165) is 13.2 Å². The Labute approximate surface area is 110 Å². The fraction of sp³-hybridized carbons (Fsp3) is 0.273. The summed E-state index contributed by atoms with van der Waals surface area (Å²) in [7, 11) is 1.13. The molecule has 0 aliphatic rings. The van der Waals surface area contributed by atoms with Crippen molar-refractivity contribution in [1.82, 2.24) is 0 Å². The van der Waals surface area contributed by atoms with Crippen molar-refractivity contribution in [2.75, 3.05) is 7.11 Å². The number of benzene rings is 1. The molecular weight excluding hydrogens is 312 g/mol. The predicted molar refractivity (Wildman–Crippen MR) is 61.8 cm³/mol. The van der Waals surface area contributed by atoms with Crippen LogP contribution in [0.1, 0.15) is 21.5 Å². The topological polar surface area (TPSA) is 59.3 Å². The van der Waals surface area contributed by atoms with Gasteiger partial charge in [0.05, 0.1) is 18.7 Å². The summed E-state index contributed by atoms with van der Waals surface area (Å²) in [4.78, 5) is 11.5. The van der Waals surface area contributed by atoms with Crippen LogP contribution in [0.25, 0.3) is 0 Å². The largest absolute Gasteiger partial charge is 0.465 e. The second-order valence-electron chi connectivity index (χ2n) is 3.12. The Kier molecular flexibility index (Phi) is 5.04. The Morgan fingerprint density at radius 1 is 1.56 bits per heavy atom. The molecule has 0 amide bonds. The van der Waals surface area contributed by atoms with Gasteiger partial charge < -0.3 is 9.47 Å². The van der Waals surface area contributed by atoms with Gasteiger partial charge in [-0.15, -0.1) is 0 Å². The van der Waals surface area contributed by atoms with Gasteiger partial charge in [-0.2, -0.15) is 14.0 Å². The Bertz CT molecular complexity index is 500. The van der Waals surface area contributed by atoms with Crippen LogP contribution in [0.3, 0.4) is 0 Å². The highest BCUT2D eigenvalue weighted by Gasteiger charge is 2.21. The third kappa shape index (κ3) is 3.17. The Morgan fingerprint density at radius 3 is 2.67 bits per heavy atom. The molecule has 0 saturated heterocycles. The summed E-state index contributed by atoms with van der Waals surface area (Å²) >= 11 is 3.11. The number of methoxy groups -OCH3 is 1. The van der Waals surface area contributed by atoms with Crippen molar-refractivity contribution in [3.05, 3.63) is 28.8 Å². The van der Waals surface area contributed by atoms with Gasteiger partial charge in [0, 0.05) is 5.33 Å². The zero-order valence-electron chi connectivity index (χ0n) is 9.25. The number of carbonyl (C=O) groups excluding carboxylic acids is 1. The van der Waals surface area contributed by atoms with E-state index in [1.54, 1.807) is 6.07 Å². The normalized spacial score (nSPS) is 10.0. The lowest BCUT2D eigenvalue weighted by atomic mass is 10.0. The van der Waals surface area contributed by atoms with Crippen LogP contribution in [0, 0.1) is 11.3 Å². The summed E-state index contributed by atoms with van der Waals surface area (Å²) in [5.41, 5.74) is 0.345. The van der Waals surface area contributed by atoms with Gasteiger partial charge in [0.15, 0.2) is 0 Å². The van der Waals surface area contributed by atoms with Crippen LogP contribution in [-0.2, 0) is 10.1 Å². The number of esters is 1. The van der Waals surface area contributed by atoms with Crippen molar-refractivity contribution in [3.63, 3.8) is 0 Å². The molecule has 0 spiro atoms. The van der Waals surface area contributed by atoms with Gasteiger partial charge in [-0.3, -0.25) is 0 Å². The maximum absolute atomic E-state index is 12.3. The number of hydrogen-bond acceptors (Lipinski definition) is 4. The molecule has 0 saturated carbocycles. The minimum absolute atomic E-state index is 0.117. The first kappa shape index (κ1) is 14.4. The Morgan fingerprint density at radius 2 is 2.22 bits per heavy atom. The van der Waals surface area contributed by atoms with Crippen LogP contribution in [0.15, 0.2) is 12.1 Å². The van der Waals surface area contributed by atoms with E-state index in [1.165, 1.54) is 6.07 Å². The lowest BCUT2D eigenvalue weighted by Crippen LogP contribution is -2.12. The highest BCUT2D eigenvalue weighted by Crippen LogP contribution is 2.28. The van der Waals surface area contributed by atoms with Gasteiger partial charge in [-0.25, -0.2) is 4.79 Å². The quantitative estimate of drug-likeness (QED) is 0.632. The maximum Gasteiger partial charge on any atom is 0.387 e. The number of alkyl halides is 3. The first-order chi connectivity index (χ1) is 8.53. The van der Waals surface area contributed by atoms with Crippen molar-refractivity contribution in [3.8, 4) is 11.8 Å². The number of halogens is 3. The molecule has 0 bridgehead atoms. The Hall–Kier alpha value is -1.68. The minimum atomic E-state index is -3.09. The first-order valence-corrected chi connectivity index (χ1v) is 5.81. The molecule has 0 aliphatic heterocycles. The fourth-order valence-corrected chi connectivity index (χ4v) is 1.81. The lowest BCUT2D eigenvalue weighted by Gasteiger charge is -2.13. The third-order valence-corrected chi connectivity index (χ3v) is 2.67. The standard InChI is InChI=1S/C11H8BrF2NO3/c1-17-10(16)9-7(4-12)2-6(5-15)3-8(9)18-11(13)14/h2-3,11H,4H2,1H3. The average molecular weight is 320 g/mol. The van der Waals surface area contributed by atoms with E-state index < -0.39 is 12.6 Å². The van der Waals surface area contributed by atoms with E-state index in [1.807, 2.05) is 0 Å². The molecule has 1 rings (SSSR count). The van der Waals surface area contributed by atoms with Crippen LogP contribution in [0.5, 0.6) is 5.75 Å². The molecule has 0 heterocycles. The second kappa shape index (κ2) is 6.31. The minimum Gasteiger partial charge on any atom is -0.465 e. The molecule has 0 aliphatic carbocycles. The number of hydrogen-bond donors (Lipinski definition) is 0. The molecule has 0 N–H and O–H groups in total. The van der Waals surface area contributed by atoms with E-state index in [2.05, 4.69) is 25.4 Å². The third-order valence-electron chi connectivity index (χ3n) is 2.06. The molecule has 18 heavy (non-hydrogen) atoms. The van der Waals surface area contributed by atoms with Crippen molar-refractivity contribution in [2.45, 2.75) is 11.9 Å². The van der Waals surface area contributed by atoms with Crippen LogP contribution in [0.4, 0.5) is 8.78 Å². The summed E-state index contributed by atoms with van der Waals surface area (Å²) in [6.45, 7) is -3.09. The van der Waals surface area contributed by atoms with E-state index in [0.29, 0.717) is 5.56 Å². The number of nitriles is 1. The summed E-state index contributed by atoms with van der Waals surface area (Å²) in [6, 6.07) is 4.28. The number of nitrogens with zero attached hydrogens (tertiary/aromatic N) is 1. The summed E-state index contributed by atoms with van der Waals surface area (Å²) in [6.07, 6.45) is 0. The molecule has 0 atom stereocenters. The molecule has 0 aromatic heterocycles. The van der Waals surface area contributed by atoms with Gasteiger partial charge in [-0.1, -0.05) is 15.9 Å². The smallest absolute Gasteiger partial charge is 0.387 e. The predicted octanol–water partition coefficient (Wildman–Crippen LogP) is 2.84. The van der Waals surface area contributed by atoms with Crippen molar-refractivity contribution < 1.29 is 23.0 Å². The van der Waals surface area contributed by atoms with Crippen LogP contribution < -0.4 is 4.74 Å². The number of ether oxygens (including phenoxy) is 2. The van der Waals surface area contributed by atoms with Crippen LogP contribution in [-0.4, -0.2) is 19.7 Å². The number of rotatable bonds is 4. The molecule has 4 nitrogen and oxygen atoms in total. The molecule has 1 aromatic carbocycles. The van der Waals surface area contributed by atoms with Gasteiger partial charge in [0.2, 0.25) is 0 Å². The zero-order valence-corrected chi connectivity index (χ0v) is 10.8. The summed E-state index contributed by atoms with van der Waals surface area (Å²) in [5, 5.41) is 8.98. The van der Waals surface area contributed by atoms with Crippen LogP contribution in [0.2, 0.25) is 0 Å². The van der Waals surface area contributed by atoms with Crippen molar-refractivity contribution in [1.29, 1.82) is 5.26 Å². The van der Waals surface area contributed by atoms with Crippen molar-refractivity contribution in [2.24, 2.45) is 0 Å². The fourth-order valence-electron chi connectivity index (χ4n) is 1.37. The van der Waals surface area contributed by atoms with Gasteiger partial charge in [-0.05, 0) is 17.7 Å². The average Bonchev–Trinajstić information content (AvgIpc) is 2.36. The van der Waals surface area contributed by atoms with E-state index >= 15 is 0 Å². The zero-order chi connectivity index (χ0) is 13.7. The first-order valence-electron chi connectivity index (χ1n) is 4.69. The maximum atomic E-state index is 12.3. The molecule has 96 valence electrons. The van der Waals surface area contributed by atoms with Gasteiger partial charge in [0.25, 0.3) is 0 Å². The van der Waals surface area contributed by atoms with E-state index in [4.69, 9.17) is 5.26 Å². The molecule has 0 radical (unpaired) electrons. The highest BCUT2D eigenvalue weighted by molar-refractivity contribution is 9.08. The number of carbonyl (C=O) groups is 1. The monoisotopic (exact) mass is 319 g/mol.